The highest BCUT2D eigenvalue weighted by Crippen LogP contribution is 2.16. The van der Waals surface area contributed by atoms with Crippen molar-refractivity contribution in [2.24, 2.45) is 0 Å². The van der Waals surface area contributed by atoms with E-state index in [0.29, 0.717) is 22.8 Å². The fourth-order valence-electron chi connectivity index (χ4n) is 2.54. The fraction of sp³-hybridized carbons (Fsp3) is 0.0455. The topological polar surface area (TPSA) is 75.3 Å². The van der Waals surface area contributed by atoms with Gasteiger partial charge in [0.05, 0.1) is 5.41 Å². The molecule has 1 amide bonds. The number of rotatable bonds is 7. The number of hydrogen-bond donors (Lipinski definition) is 2. The van der Waals surface area contributed by atoms with E-state index in [4.69, 9.17) is 11.6 Å². The Bertz CT molecular complexity index is 1110. The minimum atomic E-state index is -3.66. The van der Waals surface area contributed by atoms with Crippen molar-refractivity contribution in [2.45, 2.75) is 6.54 Å². The van der Waals surface area contributed by atoms with E-state index in [0.717, 1.165) is 16.5 Å². The summed E-state index contributed by atoms with van der Waals surface area (Å²) in [7, 11) is -3.66. The Kier molecular flexibility index (Phi) is 6.69. The summed E-state index contributed by atoms with van der Waals surface area (Å²) >= 11 is 6.08. The SMILES string of the molecule is O=C(NCc1ccccc1Cl)c1ccc(NS(=O)(=O)/C=C/c2ccccc2)cc1. The molecule has 0 bridgehead atoms. The largest absolute Gasteiger partial charge is 0.348 e. The number of hydrogen-bond acceptors (Lipinski definition) is 3. The third-order valence-corrected chi connectivity index (χ3v) is 5.43. The van der Waals surface area contributed by atoms with Crippen LogP contribution in [0.4, 0.5) is 5.69 Å². The number of nitrogens with one attached hydrogen (secondary N) is 2. The van der Waals surface area contributed by atoms with Crippen LogP contribution in [0.5, 0.6) is 0 Å². The first kappa shape index (κ1) is 20.6. The number of benzene rings is 3. The Morgan fingerprint density at radius 3 is 2.24 bits per heavy atom. The first-order chi connectivity index (χ1) is 13.9. The van der Waals surface area contributed by atoms with Gasteiger partial charge in [-0.05, 0) is 47.5 Å². The number of sulfonamides is 1. The molecule has 5 nitrogen and oxygen atoms in total. The first-order valence-electron chi connectivity index (χ1n) is 8.80. The van der Waals surface area contributed by atoms with Crippen LogP contribution in [0, 0.1) is 0 Å². The van der Waals surface area contributed by atoms with Gasteiger partial charge in [0.15, 0.2) is 0 Å². The molecule has 0 saturated carbocycles. The van der Waals surface area contributed by atoms with Gasteiger partial charge in [0.1, 0.15) is 0 Å². The second-order valence-corrected chi connectivity index (χ2v) is 8.19. The van der Waals surface area contributed by atoms with Crippen molar-refractivity contribution in [1.82, 2.24) is 5.32 Å². The lowest BCUT2D eigenvalue weighted by Crippen LogP contribution is -2.22. The lowest BCUT2D eigenvalue weighted by molar-refractivity contribution is 0.0951. The molecule has 7 heteroatoms. The highest BCUT2D eigenvalue weighted by atomic mass is 35.5. The van der Waals surface area contributed by atoms with Crippen molar-refractivity contribution in [3.05, 3.63) is 106 Å². The monoisotopic (exact) mass is 426 g/mol. The molecule has 0 spiro atoms. The van der Waals surface area contributed by atoms with Gasteiger partial charge >= 0.3 is 0 Å². The molecule has 29 heavy (non-hydrogen) atoms. The van der Waals surface area contributed by atoms with Crippen molar-refractivity contribution in [1.29, 1.82) is 0 Å². The average Bonchev–Trinajstić information content (AvgIpc) is 2.73. The number of halogens is 1. The fourth-order valence-corrected chi connectivity index (χ4v) is 3.61. The zero-order chi connectivity index (χ0) is 20.7. The van der Waals surface area contributed by atoms with E-state index >= 15 is 0 Å². The quantitative estimate of drug-likeness (QED) is 0.575. The molecule has 3 rings (SSSR count). The van der Waals surface area contributed by atoms with Crippen molar-refractivity contribution in [2.75, 3.05) is 4.72 Å². The van der Waals surface area contributed by atoms with Crippen LogP contribution in [-0.4, -0.2) is 14.3 Å². The summed E-state index contributed by atoms with van der Waals surface area (Å²) < 4.78 is 26.8. The molecule has 0 atom stereocenters. The van der Waals surface area contributed by atoms with E-state index in [9.17, 15) is 13.2 Å². The molecule has 0 aliphatic heterocycles. The van der Waals surface area contributed by atoms with Gasteiger partial charge in [-0.1, -0.05) is 60.1 Å². The second kappa shape index (κ2) is 9.41. The number of amides is 1. The van der Waals surface area contributed by atoms with E-state index < -0.39 is 10.0 Å². The zero-order valence-electron chi connectivity index (χ0n) is 15.4. The maximum Gasteiger partial charge on any atom is 0.255 e. The predicted octanol–water partition coefficient (Wildman–Crippen LogP) is 4.68. The van der Waals surface area contributed by atoms with Crippen LogP contribution < -0.4 is 10.0 Å². The molecule has 3 aromatic rings. The summed E-state index contributed by atoms with van der Waals surface area (Å²) in [6.45, 7) is 0.303. The summed E-state index contributed by atoms with van der Waals surface area (Å²) in [5, 5.41) is 4.48. The van der Waals surface area contributed by atoms with Gasteiger partial charge in [0, 0.05) is 22.8 Å². The van der Waals surface area contributed by atoms with Gasteiger partial charge in [0.25, 0.3) is 15.9 Å². The molecule has 0 saturated heterocycles. The normalized spacial score (nSPS) is 11.3. The third kappa shape index (κ3) is 6.20. The van der Waals surface area contributed by atoms with Crippen molar-refractivity contribution < 1.29 is 13.2 Å². The van der Waals surface area contributed by atoms with E-state index in [-0.39, 0.29) is 5.91 Å². The molecule has 0 fully saturated rings. The molecule has 0 aliphatic rings. The summed E-state index contributed by atoms with van der Waals surface area (Å²) in [5.41, 5.74) is 2.38. The standard InChI is InChI=1S/C22H19ClN2O3S/c23-21-9-5-4-8-19(21)16-24-22(26)18-10-12-20(13-11-18)25-29(27,28)15-14-17-6-2-1-3-7-17/h1-15,25H,16H2,(H,24,26)/b15-14+. The predicted molar refractivity (Wildman–Crippen MR) is 117 cm³/mol. The zero-order valence-corrected chi connectivity index (χ0v) is 17.0. The van der Waals surface area contributed by atoms with E-state index in [1.54, 1.807) is 18.2 Å². The summed E-state index contributed by atoms with van der Waals surface area (Å²) in [4.78, 5) is 12.3. The van der Waals surface area contributed by atoms with Crippen molar-refractivity contribution >= 4 is 39.3 Å². The molecule has 148 valence electrons. The second-order valence-electron chi connectivity index (χ2n) is 6.21. The van der Waals surface area contributed by atoms with Crippen LogP contribution in [0.25, 0.3) is 6.08 Å². The summed E-state index contributed by atoms with van der Waals surface area (Å²) in [6.07, 6.45) is 1.51. The molecule has 0 heterocycles. The number of anilines is 1. The Balaban J connectivity index is 1.60. The lowest BCUT2D eigenvalue weighted by atomic mass is 10.2. The molecular formula is C22H19ClN2O3S. The van der Waals surface area contributed by atoms with Gasteiger partial charge in [0.2, 0.25) is 0 Å². The van der Waals surface area contributed by atoms with E-state index in [2.05, 4.69) is 10.0 Å². The Hall–Kier alpha value is -3.09. The first-order valence-corrected chi connectivity index (χ1v) is 10.7. The Morgan fingerprint density at radius 2 is 1.55 bits per heavy atom. The smallest absolute Gasteiger partial charge is 0.255 e. The molecule has 3 aromatic carbocycles. The van der Waals surface area contributed by atoms with Crippen LogP contribution in [0.2, 0.25) is 5.02 Å². The van der Waals surface area contributed by atoms with Gasteiger partial charge < -0.3 is 5.32 Å². The Morgan fingerprint density at radius 1 is 0.897 bits per heavy atom. The Labute approximate surface area is 175 Å². The number of carbonyl (C=O) groups is 1. The lowest BCUT2D eigenvalue weighted by Gasteiger charge is -2.08. The summed E-state index contributed by atoms with van der Waals surface area (Å²) in [5.74, 6) is -0.275. The molecule has 0 aliphatic carbocycles. The highest BCUT2D eigenvalue weighted by molar-refractivity contribution is 7.95. The van der Waals surface area contributed by atoms with Gasteiger partial charge in [-0.3, -0.25) is 9.52 Å². The van der Waals surface area contributed by atoms with Crippen LogP contribution in [0.3, 0.4) is 0 Å². The molecule has 0 radical (unpaired) electrons. The van der Waals surface area contributed by atoms with Crippen LogP contribution >= 0.6 is 11.6 Å². The van der Waals surface area contributed by atoms with Crippen molar-refractivity contribution in [3.63, 3.8) is 0 Å². The van der Waals surface area contributed by atoms with Gasteiger partial charge in [-0.2, -0.15) is 0 Å². The van der Waals surface area contributed by atoms with Crippen molar-refractivity contribution in [3.8, 4) is 0 Å². The van der Waals surface area contributed by atoms with Gasteiger partial charge in [-0.15, -0.1) is 0 Å². The highest BCUT2D eigenvalue weighted by Gasteiger charge is 2.09. The molecule has 0 unspecified atom stereocenters. The van der Waals surface area contributed by atoms with Crippen LogP contribution in [-0.2, 0) is 16.6 Å². The van der Waals surface area contributed by atoms with Gasteiger partial charge in [-0.25, -0.2) is 8.42 Å². The number of carbonyl (C=O) groups excluding carboxylic acids is 1. The minimum absolute atomic E-state index is 0.275. The molecule has 2 N–H and O–H groups in total. The molecular weight excluding hydrogens is 408 g/mol. The van der Waals surface area contributed by atoms with Crippen LogP contribution in [0.15, 0.2) is 84.3 Å². The maximum absolute atomic E-state index is 12.3. The van der Waals surface area contributed by atoms with Crippen LogP contribution in [0.1, 0.15) is 21.5 Å². The van der Waals surface area contributed by atoms with E-state index in [1.165, 1.54) is 18.2 Å². The maximum atomic E-state index is 12.3. The third-order valence-electron chi connectivity index (χ3n) is 4.04. The molecule has 0 aromatic heterocycles. The summed E-state index contributed by atoms with van der Waals surface area (Å²) in [6, 6.07) is 22.6. The van der Waals surface area contributed by atoms with E-state index in [1.807, 2.05) is 48.5 Å². The minimum Gasteiger partial charge on any atom is -0.348 e. The average molecular weight is 427 g/mol.